The Labute approximate surface area is 167 Å². The quantitative estimate of drug-likeness (QED) is 0.401. The summed E-state index contributed by atoms with van der Waals surface area (Å²) in [6, 6.07) is 17.4. The first kappa shape index (κ1) is 18.4. The summed E-state index contributed by atoms with van der Waals surface area (Å²) in [5.74, 6) is 1.36. The zero-order valence-corrected chi connectivity index (χ0v) is 17.7. The molecule has 0 aliphatic carbocycles. The molecule has 4 heteroatoms. The Kier molecular flexibility index (Phi) is 5.79. The largest absolute Gasteiger partial charge is 0.486 e. The van der Waals surface area contributed by atoms with Crippen molar-refractivity contribution >= 4 is 33.9 Å². The maximum Gasteiger partial charge on any atom is 0.140 e. The molecule has 3 rings (SSSR count). The molecule has 25 heavy (non-hydrogen) atoms. The van der Waals surface area contributed by atoms with Gasteiger partial charge < -0.3 is 4.74 Å². The van der Waals surface area contributed by atoms with Crippen molar-refractivity contribution in [2.75, 3.05) is 0 Å². The van der Waals surface area contributed by atoms with Crippen LogP contribution in [0.2, 0.25) is 0 Å². The molecule has 3 aromatic rings. The number of halogens is 1. The molecule has 0 radical (unpaired) electrons. The van der Waals surface area contributed by atoms with Crippen LogP contribution in [0.5, 0.6) is 5.75 Å². The Bertz CT molecular complexity index is 797. The van der Waals surface area contributed by atoms with Gasteiger partial charge in [-0.1, -0.05) is 45.0 Å². The van der Waals surface area contributed by atoms with Crippen molar-refractivity contribution in [1.82, 2.24) is 4.98 Å². The highest BCUT2D eigenvalue weighted by atomic mass is 127. The van der Waals surface area contributed by atoms with Crippen LogP contribution in [-0.2, 0) is 12.0 Å². The van der Waals surface area contributed by atoms with Crippen LogP contribution in [0, 0.1) is 9.49 Å². The van der Waals surface area contributed by atoms with Crippen LogP contribution in [0.3, 0.4) is 0 Å². The van der Waals surface area contributed by atoms with Crippen LogP contribution in [0.25, 0.3) is 0 Å². The van der Waals surface area contributed by atoms with E-state index in [1.54, 1.807) is 11.3 Å². The number of benzene rings is 2. The highest BCUT2D eigenvalue weighted by molar-refractivity contribution is 14.1. The number of ether oxygens (including phenoxy) is 1. The minimum atomic E-state index is -0.0296. The van der Waals surface area contributed by atoms with Gasteiger partial charge in [-0.05, 0) is 63.9 Å². The van der Waals surface area contributed by atoms with Gasteiger partial charge >= 0.3 is 0 Å². The second kappa shape index (κ2) is 7.87. The molecule has 0 fully saturated rings. The predicted octanol–water partition coefficient (Wildman–Crippen LogP) is 6.29. The summed E-state index contributed by atoms with van der Waals surface area (Å²) in [6.07, 6.45) is 1.81. The molecule has 0 aliphatic heterocycles. The number of aromatic nitrogens is 1. The fourth-order valence-electron chi connectivity index (χ4n) is 3.00. The monoisotopic (exact) mass is 463 g/mol. The van der Waals surface area contributed by atoms with Crippen molar-refractivity contribution in [3.05, 3.63) is 79.8 Å². The van der Waals surface area contributed by atoms with Crippen molar-refractivity contribution in [1.29, 1.82) is 0 Å². The molecule has 0 saturated heterocycles. The van der Waals surface area contributed by atoms with E-state index >= 15 is 0 Å². The van der Waals surface area contributed by atoms with E-state index < -0.39 is 0 Å². The summed E-state index contributed by atoms with van der Waals surface area (Å²) < 4.78 is 7.11. The third-order valence-corrected chi connectivity index (χ3v) is 6.37. The van der Waals surface area contributed by atoms with Crippen molar-refractivity contribution in [2.45, 2.75) is 32.8 Å². The van der Waals surface area contributed by atoms with E-state index in [2.05, 4.69) is 96.9 Å². The molecule has 0 saturated carbocycles. The highest BCUT2D eigenvalue weighted by Crippen LogP contribution is 2.39. The summed E-state index contributed by atoms with van der Waals surface area (Å²) in [5, 5.41) is 2.96. The van der Waals surface area contributed by atoms with Gasteiger partial charge in [0, 0.05) is 20.6 Å². The number of thiazole rings is 1. The van der Waals surface area contributed by atoms with Crippen LogP contribution in [-0.4, -0.2) is 4.98 Å². The minimum absolute atomic E-state index is 0.0296. The second-order valence-corrected chi connectivity index (χ2v) is 8.83. The molecule has 0 N–H and O–H groups in total. The molecule has 1 heterocycles. The topological polar surface area (TPSA) is 22.1 Å². The lowest BCUT2D eigenvalue weighted by atomic mass is 9.68. The second-order valence-electron chi connectivity index (χ2n) is 6.60. The van der Waals surface area contributed by atoms with Crippen molar-refractivity contribution in [3.63, 3.8) is 0 Å². The SMILES string of the molecule is CC(C)C(C)(c1ccc(I)cc1)c1ccc(OCc2nccs2)cc1. The first-order valence-electron chi connectivity index (χ1n) is 8.38. The normalized spacial score (nSPS) is 13.6. The zero-order valence-electron chi connectivity index (χ0n) is 14.7. The van der Waals surface area contributed by atoms with E-state index in [4.69, 9.17) is 4.74 Å². The van der Waals surface area contributed by atoms with Crippen molar-refractivity contribution in [3.8, 4) is 5.75 Å². The van der Waals surface area contributed by atoms with Gasteiger partial charge in [0.15, 0.2) is 0 Å². The smallest absolute Gasteiger partial charge is 0.140 e. The van der Waals surface area contributed by atoms with Gasteiger partial charge in [-0.15, -0.1) is 11.3 Å². The highest BCUT2D eigenvalue weighted by Gasteiger charge is 2.32. The van der Waals surface area contributed by atoms with E-state index in [0.29, 0.717) is 12.5 Å². The van der Waals surface area contributed by atoms with Gasteiger partial charge in [0.2, 0.25) is 0 Å². The average Bonchev–Trinajstić information content (AvgIpc) is 3.14. The van der Waals surface area contributed by atoms with E-state index in [9.17, 15) is 0 Å². The molecule has 0 aliphatic rings. The van der Waals surface area contributed by atoms with Gasteiger partial charge in [-0.3, -0.25) is 0 Å². The summed E-state index contributed by atoms with van der Waals surface area (Å²) in [4.78, 5) is 4.25. The van der Waals surface area contributed by atoms with Crippen molar-refractivity contribution in [2.24, 2.45) is 5.92 Å². The lowest BCUT2D eigenvalue weighted by molar-refractivity contribution is 0.305. The fourth-order valence-corrected chi connectivity index (χ4v) is 3.88. The van der Waals surface area contributed by atoms with Crippen LogP contribution in [0.4, 0.5) is 0 Å². The summed E-state index contributed by atoms with van der Waals surface area (Å²) in [7, 11) is 0. The minimum Gasteiger partial charge on any atom is -0.486 e. The lowest BCUT2D eigenvalue weighted by Crippen LogP contribution is -2.30. The molecule has 2 aromatic carbocycles. The molecule has 2 nitrogen and oxygen atoms in total. The summed E-state index contributed by atoms with van der Waals surface area (Å²) in [5.41, 5.74) is 2.63. The van der Waals surface area contributed by atoms with Crippen molar-refractivity contribution < 1.29 is 4.74 Å². The maximum absolute atomic E-state index is 5.85. The van der Waals surface area contributed by atoms with Crippen LogP contribution in [0.15, 0.2) is 60.1 Å². The average molecular weight is 463 g/mol. The van der Waals surface area contributed by atoms with Gasteiger partial charge in [0.25, 0.3) is 0 Å². The van der Waals surface area contributed by atoms with E-state index in [1.807, 2.05) is 11.6 Å². The van der Waals surface area contributed by atoms with E-state index in [0.717, 1.165) is 10.8 Å². The standard InChI is InChI=1S/C21H22INOS/c1-15(2)21(3,16-4-8-18(22)9-5-16)17-6-10-19(11-7-17)24-14-20-23-12-13-25-20/h4-13,15H,14H2,1-3H3. The third kappa shape index (κ3) is 4.06. The third-order valence-electron chi connectivity index (χ3n) is 4.90. The van der Waals surface area contributed by atoms with Crippen LogP contribution < -0.4 is 4.74 Å². The lowest BCUT2D eigenvalue weighted by Gasteiger charge is -2.35. The number of rotatable bonds is 6. The number of nitrogens with zero attached hydrogens (tertiary/aromatic N) is 1. The Morgan fingerprint density at radius 2 is 1.64 bits per heavy atom. The predicted molar refractivity (Wildman–Crippen MR) is 113 cm³/mol. The molecule has 1 atom stereocenters. The Morgan fingerprint density at radius 1 is 1.04 bits per heavy atom. The van der Waals surface area contributed by atoms with Gasteiger partial charge in [0.1, 0.15) is 17.4 Å². The molecule has 0 bridgehead atoms. The van der Waals surface area contributed by atoms with E-state index in [-0.39, 0.29) is 5.41 Å². The molecule has 130 valence electrons. The first-order valence-corrected chi connectivity index (χ1v) is 10.3. The van der Waals surface area contributed by atoms with E-state index in [1.165, 1.54) is 14.7 Å². The Hall–Kier alpha value is -1.40. The van der Waals surface area contributed by atoms with Gasteiger partial charge in [0.05, 0.1) is 0 Å². The maximum atomic E-state index is 5.85. The summed E-state index contributed by atoms with van der Waals surface area (Å²) in [6.45, 7) is 7.41. The Morgan fingerprint density at radius 3 is 2.16 bits per heavy atom. The molecule has 1 unspecified atom stereocenters. The van der Waals surface area contributed by atoms with Crippen LogP contribution in [0.1, 0.15) is 36.9 Å². The molecular formula is C21H22INOS. The zero-order chi connectivity index (χ0) is 17.9. The molecule has 0 spiro atoms. The molecule has 1 aromatic heterocycles. The van der Waals surface area contributed by atoms with Crippen LogP contribution >= 0.6 is 33.9 Å². The Balaban J connectivity index is 1.83. The van der Waals surface area contributed by atoms with Gasteiger partial charge in [-0.2, -0.15) is 0 Å². The molecule has 0 amide bonds. The van der Waals surface area contributed by atoms with Gasteiger partial charge in [-0.25, -0.2) is 4.98 Å². The first-order chi connectivity index (χ1) is 12.0. The number of hydrogen-bond acceptors (Lipinski definition) is 3. The number of hydrogen-bond donors (Lipinski definition) is 0. The fraction of sp³-hybridized carbons (Fsp3) is 0.286. The molecular weight excluding hydrogens is 441 g/mol. The summed E-state index contributed by atoms with van der Waals surface area (Å²) >= 11 is 3.97.